The minimum absolute atomic E-state index is 0.235. The first kappa shape index (κ1) is 15.6. The predicted octanol–water partition coefficient (Wildman–Crippen LogP) is -0.0953. The molecule has 7 nitrogen and oxygen atoms in total. The Labute approximate surface area is 103 Å². The molecule has 0 aliphatic rings. The van der Waals surface area contributed by atoms with Crippen LogP contribution in [0.25, 0.3) is 0 Å². The van der Waals surface area contributed by atoms with Gasteiger partial charge in [-0.2, -0.15) is 0 Å². The third-order valence-electron chi connectivity index (χ3n) is 1.62. The molecule has 0 aromatic rings. The van der Waals surface area contributed by atoms with E-state index in [9.17, 15) is 19.2 Å². The SMILES string of the molecule is C=C(CC(=O)OC)C(=O)OC(=O)/C=C/C(=O)OC. The number of ether oxygens (including phenoxy) is 3. The highest BCUT2D eigenvalue weighted by atomic mass is 16.6. The van der Waals surface area contributed by atoms with Gasteiger partial charge in [0.2, 0.25) is 0 Å². The van der Waals surface area contributed by atoms with Gasteiger partial charge in [-0.05, 0) is 0 Å². The van der Waals surface area contributed by atoms with Gasteiger partial charge in [-0.3, -0.25) is 4.79 Å². The summed E-state index contributed by atoms with van der Waals surface area (Å²) >= 11 is 0. The minimum atomic E-state index is -1.07. The van der Waals surface area contributed by atoms with Crippen molar-refractivity contribution in [3.05, 3.63) is 24.3 Å². The molecular weight excluding hydrogens is 244 g/mol. The normalized spacial score (nSPS) is 9.67. The van der Waals surface area contributed by atoms with Crippen LogP contribution in [0.4, 0.5) is 0 Å². The van der Waals surface area contributed by atoms with Gasteiger partial charge in [0.15, 0.2) is 0 Å². The average Bonchev–Trinajstić information content (AvgIpc) is 2.35. The lowest BCUT2D eigenvalue weighted by molar-refractivity contribution is -0.154. The lowest BCUT2D eigenvalue weighted by Gasteiger charge is -2.02. The summed E-state index contributed by atoms with van der Waals surface area (Å²) < 4.78 is 12.8. The molecule has 0 atom stereocenters. The van der Waals surface area contributed by atoms with Crippen molar-refractivity contribution < 1.29 is 33.4 Å². The van der Waals surface area contributed by atoms with Crippen LogP contribution in [-0.4, -0.2) is 38.1 Å². The Kier molecular flexibility index (Phi) is 6.72. The first-order chi connectivity index (χ1) is 8.40. The predicted molar refractivity (Wildman–Crippen MR) is 58.0 cm³/mol. The molecule has 18 heavy (non-hydrogen) atoms. The summed E-state index contributed by atoms with van der Waals surface area (Å²) in [5.74, 6) is -3.60. The molecule has 0 aliphatic carbocycles. The fourth-order valence-electron chi connectivity index (χ4n) is 0.720. The molecule has 0 aromatic heterocycles. The number of carbonyl (C=O) groups excluding carboxylic acids is 4. The Bertz CT molecular complexity index is 406. The lowest BCUT2D eigenvalue weighted by atomic mass is 10.2. The van der Waals surface area contributed by atoms with Crippen molar-refractivity contribution in [1.29, 1.82) is 0 Å². The van der Waals surface area contributed by atoms with Crippen LogP contribution in [0.1, 0.15) is 6.42 Å². The summed E-state index contributed by atoms with van der Waals surface area (Å²) in [6.45, 7) is 3.26. The van der Waals surface area contributed by atoms with Gasteiger partial charge < -0.3 is 14.2 Å². The number of hydrogen-bond donors (Lipinski definition) is 0. The number of methoxy groups -OCH3 is 2. The molecule has 0 saturated carbocycles. The first-order valence-corrected chi connectivity index (χ1v) is 4.67. The number of hydrogen-bond acceptors (Lipinski definition) is 7. The fourth-order valence-corrected chi connectivity index (χ4v) is 0.720. The van der Waals surface area contributed by atoms with Crippen LogP contribution in [0.3, 0.4) is 0 Å². The van der Waals surface area contributed by atoms with E-state index in [4.69, 9.17) is 0 Å². The summed E-state index contributed by atoms with van der Waals surface area (Å²) in [6, 6.07) is 0. The molecule has 98 valence electrons. The second-order valence-corrected chi connectivity index (χ2v) is 2.92. The number of rotatable bonds is 5. The summed E-state index contributed by atoms with van der Waals surface area (Å²) in [6.07, 6.45) is 1.12. The highest BCUT2D eigenvalue weighted by Crippen LogP contribution is 2.03. The van der Waals surface area contributed by atoms with Crippen molar-refractivity contribution in [2.75, 3.05) is 14.2 Å². The van der Waals surface area contributed by atoms with Crippen LogP contribution >= 0.6 is 0 Å². The highest BCUT2D eigenvalue weighted by molar-refractivity contribution is 6.02. The van der Waals surface area contributed by atoms with Crippen LogP contribution < -0.4 is 0 Å². The Morgan fingerprint density at radius 3 is 2.06 bits per heavy atom. The van der Waals surface area contributed by atoms with Crippen LogP contribution in [0, 0.1) is 0 Å². The van der Waals surface area contributed by atoms with Crippen molar-refractivity contribution in [3.8, 4) is 0 Å². The molecule has 0 heterocycles. The second-order valence-electron chi connectivity index (χ2n) is 2.92. The molecule has 0 bridgehead atoms. The standard InChI is InChI=1S/C11H12O7/c1-7(6-10(14)17-3)11(15)18-9(13)5-4-8(12)16-2/h4-5H,1,6H2,2-3H3/b5-4+. The average molecular weight is 256 g/mol. The van der Waals surface area contributed by atoms with E-state index in [1.165, 1.54) is 0 Å². The monoisotopic (exact) mass is 256 g/mol. The molecule has 0 saturated heterocycles. The Balaban J connectivity index is 4.27. The second kappa shape index (κ2) is 7.77. The van der Waals surface area contributed by atoms with Crippen molar-refractivity contribution >= 4 is 23.9 Å². The van der Waals surface area contributed by atoms with E-state index in [1.54, 1.807) is 0 Å². The molecule has 0 aromatic carbocycles. The first-order valence-electron chi connectivity index (χ1n) is 4.67. The Morgan fingerprint density at radius 2 is 1.56 bits per heavy atom. The van der Waals surface area contributed by atoms with Gasteiger partial charge >= 0.3 is 23.9 Å². The molecule has 0 amide bonds. The molecule has 0 spiro atoms. The summed E-state index contributed by atoms with van der Waals surface area (Å²) in [4.78, 5) is 43.7. The summed E-state index contributed by atoms with van der Waals surface area (Å²) in [7, 11) is 2.27. The quantitative estimate of drug-likeness (QED) is 0.293. The Hall–Kier alpha value is -2.44. The van der Waals surface area contributed by atoms with Crippen molar-refractivity contribution in [1.82, 2.24) is 0 Å². The zero-order valence-electron chi connectivity index (χ0n) is 9.93. The molecule has 0 rings (SSSR count). The zero-order valence-corrected chi connectivity index (χ0v) is 9.93. The maximum Gasteiger partial charge on any atom is 0.341 e. The third-order valence-corrected chi connectivity index (χ3v) is 1.62. The highest BCUT2D eigenvalue weighted by Gasteiger charge is 2.16. The van der Waals surface area contributed by atoms with Crippen molar-refractivity contribution in [3.63, 3.8) is 0 Å². The smallest absolute Gasteiger partial charge is 0.341 e. The van der Waals surface area contributed by atoms with Crippen molar-refractivity contribution in [2.45, 2.75) is 6.42 Å². The third kappa shape index (κ3) is 6.21. The molecular formula is C11H12O7. The van der Waals surface area contributed by atoms with Crippen LogP contribution in [-0.2, 0) is 33.4 Å². The van der Waals surface area contributed by atoms with E-state index in [0.717, 1.165) is 26.4 Å². The number of carbonyl (C=O) groups is 4. The maximum absolute atomic E-state index is 11.2. The summed E-state index contributed by atoms with van der Waals surface area (Å²) in [5, 5.41) is 0. The molecule has 0 N–H and O–H groups in total. The van der Waals surface area contributed by atoms with Gasteiger partial charge in [0.25, 0.3) is 0 Å². The molecule has 0 unspecified atom stereocenters. The maximum atomic E-state index is 11.2. The molecule has 7 heteroatoms. The van der Waals surface area contributed by atoms with E-state index in [0.29, 0.717) is 0 Å². The van der Waals surface area contributed by atoms with E-state index in [-0.39, 0.29) is 12.0 Å². The van der Waals surface area contributed by atoms with Crippen molar-refractivity contribution in [2.24, 2.45) is 0 Å². The van der Waals surface area contributed by atoms with E-state index < -0.39 is 23.9 Å². The van der Waals surface area contributed by atoms with Crippen LogP contribution in [0.15, 0.2) is 24.3 Å². The minimum Gasteiger partial charge on any atom is -0.469 e. The Morgan fingerprint density at radius 1 is 1.00 bits per heavy atom. The van der Waals surface area contributed by atoms with Gasteiger partial charge in [-0.25, -0.2) is 14.4 Å². The molecule has 0 aliphatic heterocycles. The number of esters is 4. The lowest BCUT2D eigenvalue weighted by Crippen LogP contribution is -2.15. The van der Waals surface area contributed by atoms with E-state index in [2.05, 4.69) is 20.8 Å². The van der Waals surface area contributed by atoms with Gasteiger partial charge in [0.1, 0.15) is 0 Å². The fraction of sp³-hybridized carbons (Fsp3) is 0.273. The van der Waals surface area contributed by atoms with E-state index >= 15 is 0 Å². The van der Waals surface area contributed by atoms with Crippen LogP contribution in [0.2, 0.25) is 0 Å². The summed E-state index contributed by atoms with van der Waals surface area (Å²) in [5.41, 5.74) is -0.235. The zero-order chi connectivity index (χ0) is 14.1. The van der Waals surface area contributed by atoms with E-state index in [1.807, 2.05) is 0 Å². The van der Waals surface area contributed by atoms with Gasteiger partial charge in [-0.15, -0.1) is 0 Å². The molecule has 0 radical (unpaired) electrons. The van der Waals surface area contributed by atoms with Gasteiger partial charge in [0.05, 0.1) is 20.6 Å². The topological polar surface area (TPSA) is 96.0 Å². The van der Waals surface area contributed by atoms with Gasteiger partial charge in [-0.1, -0.05) is 6.58 Å². The molecule has 0 fully saturated rings. The van der Waals surface area contributed by atoms with Gasteiger partial charge in [0, 0.05) is 17.7 Å². The van der Waals surface area contributed by atoms with Crippen LogP contribution in [0.5, 0.6) is 0 Å². The largest absolute Gasteiger partial charge is 0.469 e.